The Morgan fingerprint density at radius 2 is 2.31 bits per heavy atom. The van der Waals surface area contributed by atoms with Gasteiger partial charge in [-0.25, -0.2) is 9.97 Å². The number of anilines is 1. The zero-order valence-electron chi connectivity index (χ0n) is 10.1. The van der Waals surface area contributed by atoms with E-state index in [2.05, 4.69) is 26.3 Å². The van der Waals surface area contributed by atoms with Crippen molar-refractivity contribution in [3.8, 4) is 0 Å². The molecule has 88 valence electrons. The molecular weight excluding hydrogens is 200 g/mol. The maximum atomic E-state index is 4.38. The molecule has 4 nitrogen and oxygen atoms in total. The molecule has 0 saturated carbocycles. The van der Waals surface area contributed by atoms with E-state index < -0.39 is 0 Å². The van der Waals surface area contributed by atoms with E-state index in [4.69, 9.17) is 0 Å². The van der Waals surface area contributed by atoms with Crippen molar-refractivity contribution in [3.63, 3.8) is 0 Å². The Bertz CT molecular complexity index is 338. The molecule has 1 unspecified atom stereocenters. The minimum Gasteiger partial charge on any atom is -0.352 e. The zero-order chi connectivity index (χ0) is 11.4. The quantitative estimate of drug-likeness (QED) is 0.835. The number of piperidine rings is 1. The van der Waals surface area contributed by atoms with Crippen LogP contribution in [0.1, 0.15) is 25.0 Å². The van der Waals surface area contributed by atoms with Crippen molar-refractivity contribution < 1.29 is 0 Å². The van der Waals surface area contributed by atoms with Crippen molar-refractivity contribution >= 4 is 5.82 Å². The Kier molecular flexibility index (Phi) is 3.72. The fraction of sp³-hybridized carbons (Fsp3) is 0.667. The maximum Gasteiger partial charge on any atom is 0.132 e. The number of nitrogens with zero attached hydrogens (tertiary/aromatic N) is 3. The predicted octanol–water partition coefficient (Wildman–Crippen LogP) is 1.36. The van der Waals surface area contributed by atoms with Gasteiger partial charge in [-0.15, -0.1) is 0 Å². The van der Waals surface area contributed by atoms with Crippen LogP contribution in [0.15, 0.2) is 12.4 Å². The van der Waals surface area contributed by atoms with E-state index in [-0.39, 0.29) is 0 Å². The lowest BCUT2D eigenvalue weighted by atomic mass is 10.0. The van der Waals surface area contributed by atoms with Gasteiger partial charge in [0, 0.05) is 30.9 Å². The number of rotatable bonds is 3. The number of nitrogens with one attached hydrogen (secondary N) is 1. The average molecular weight is 220 g/mol. The summed E-state index contributed by atoms with van der Waals surface area (Å²) in [6, 6.07) is 2.65. The topological polar surface area (TPSA) is 41.0 Å². The second kappa shape index (κ2) is 5.25. The van der Waals surface area contributed by atoms with Gasteiger partial charge in [-0.05, 0) is 33.2 Å². The molecule has 1 aromatic rings. The number of hydrogen-bond donors (Lipinski definition) is 1. The van der Waals surface area contributed by atoms with Crippen molar-refractivity contribution in [2.45, 2.75) is 32.2 Å². The summed E-state index contributed by atoms with van der Waals surface area (Å²) in [5, 5.41) is 3.27. The Morgan fingerprint density at radius 3 is 3.06 bits per heavy atom. The number of aromatic nitrogens is 2. The Labute approximate surface area is 97.1 Å². The fourth-order valence-corrected chi connectivity index (χ4v) is 2.35. The van der Waals surface area contributed by atoms with Crippen LogP contribution in [-0.2, 0) is 0 Å². The molecule has 16 heavy (non-hydrogen) atoms. The van der Waals surface area contributed by atoms with Gasteiger partial charge >= 0.3 is 0 Å². The summed E-state index contributed by atoms with van der Waals surface area (Å²) < 4.78 is 0. The van der Waals surface area contributed by atoms with Gasteiger partial charge in [0.25, 0.3) is 0 Å². The van der Waals surface area contributed by atoms with E-state index >= 15 is 0 Å². The highest BCUT2D eigenvalue weighted by atomic mass is 15.2. The van der Waals surface area contributed by atoms with Crippen LogP contribution < -0.4 is 10.2 Å². The zero-order valence-corrected chi connectivity index (χ0v) is 10.1. The van der Waals surface area contributed by atoms with Crippen molar-refractivity contribution in [2.75, 3.05) is 25.0 Å². The highest BCUT2D eigenvalue weighted by Crippen LogP contribution is 2.22. The van der Waals surface area contributed by atoms with Crippen molar-refractivity contribution in [2.24, 2.45) is 0 Å². The van der Waals surface area contributed by atoms with Crippen LogP contribution >= 0.6 is 0 Å². The van der Waals surface area contributed by atoms with Crippen molar-refractivity contribution in [3.05, 3.63) is 18.1 Å². The largest absolute Gasteiger partial charge is 0.352 e. The molecule has 0 bridgehead atoms. The van der Waals surface area contributed by atoms with Gasteiger partial charge in [-0.2, -0.15) is 0 Å². The lowest BCUT2D eigenvalue weighted by Gasteiger charge is -2.36. The molecule has 0 spiro atoms. The first-order valence-corrected chi connectivity index (χ1v) is 6.01. The molecule has 1 N–H and O–H groups in total. The summed E-state index contributed by atoms with van der Waals surface area (Å²) >= 11 is 0. The number of likely N-dealkylation sites (N-methyl/N-ethyl adjacent to an activating group) is 1. The molecule has 0 radical (unpaired) electrons. The summed E-state index contributed by atoms with van der Waals surface area (Å²) in [6.45, 7) is 4.16. The molecule has 2 heterocycles. The molecular formula is C12H20N4. The van der Waals surface area contributed by atoms with E-state index in [1.54, 1.807) is 6.33 Å². The van der Waals surface area contributed by atoms with E-state index in [0.717, 1.165) is 24.6 Å². The molecule has 1 atom stereocenters. The SMILES string of the molecule is CNCC1CCCCN1c1cc(C)ncn1. The number of aryl methyl sites for hydroxylation is 1. The molecule has 1 aliphatic rings. The molecule has 0 aliphatic carbocycles. The molecule has 2 rings (SSSR count). The summed E-state index contributed by atoms with van der Waals surface area (Å²) in [7, 11) is 2.01. The van der Waals surface area contributed by atoms with Crippen LogP contribution in [-0.4, -0.2) is 36.1 Å². The van der Waals surface area contributed by atoms with Gasteiger partial charge in [-0.3, -0.25) is 0 Å². The highest BCUT2D eigenvalue weighted by molar-refractivity contribution is 5.40. The first kappa shape index (κ1) is 11.3. The summed E-state index contributed by atoms with van der Waals surface area (Å²) in [5.74, 6) is 1.08. The first-order valence-electron chi connectivity index (χ1n) is 6.01. The summed E-state index contributed by atoms with van der Waals surface area (Å²) in [5.41, 5.74) is 1.04. The molecule has 0 amide bonds. The van der Waals surface area contributed by atoms with Crippen molar-refractivity contribution in [1.29, 1.82) is 0 Å². The third kappa shape index (κ3) is 2.50. The van der Waals surface area contributed by atoms with Crippen LogP contribution in [0, 0.1) is 6.92 Å². The Balaban J connectivity index is 2.16. The molecule has 1 fully saturated rings. The van der Waals surface area contributed by atoms with Gasteiger partial charge in [-0.1, -0.05) is 0 Å². The van der Waals surface area contributed by atoms with E-state index in [1.165, 1.54) is 19.3 Å². The number of hydrogen-bond acceptors (Lipinski definition) is 4. The van der Waals surface area contributed by atoms with E-state index in [1.807, 2.05) is 14.0 Å². The standard InChI is InChI=1S/C12H20N4/c1-10-7-12(15-9-14-10)16-6-4-3-5-11(16)8-13-2/h7,9,11,13H,3-6,8H2,1-2H3. The van der Waals surface area contributed by atoms with Crippen LogP contribution in [0.2, 0.25) is 0 Å². The van der Waals surface area contributed by atoms with Crippen LogP contribution in [0.5, 0.6) is 0 Å². The summed E-state index contributed by atoms with van der Waals surface area (Å²) in [4.78, 5) is 10.9. The van der Waals surface area contributed by atoms with Crippen LogP contribution in [0.4, 0.5) is 5.82 Å². The molecule has 4 heteroatoms. The fourth-order valence-electron chi connectivity index (χ4n) is 2.35. The first-order chi connectivity index (χ1) is 7.81. The third-order valence-electron chi connectivity index (χ3n) is 3.15. The monoisotopic (exact) mass is 220 g/mol. The normalized spacial score (nSPS) is 21.1. The van der Waals surface area contributed by atoms with Gasteiger partial charge in [0.05, 0.1) is 0 Å². The lowest BCUT2D eigenvalue weighted by Crippen LogP contribution is -2.45. The van der Waals surface area contributed by atoms with E-state index in [0.29, 0.717) is 6.04 Å². The van der Waals surface area contributed by atoms with Gasteiger partial charge in [0.15, 0.2) is 0 Å². The second-order valence-electron chi connectivity index (χ2n) is 4.42. The maximum absolute atomic E-state index is 4.38. The lowest BCUT2D eigenvalue weighted by molar-refractivity contribution is 0.443. The molecule has 1 aromatic heterocycles. The third-order valence-corrected chi connectivity index (χ3v) is 3.15. The minimum absolute atomic E-state index is 0.577. The van der Waals surface area contributed by atoms with Gasteiger partial charge in [0.2, 0.25) is 0 Å². The summed E-state index contributed by atoms with van der Waals surface area (Å²) in [6.07, 6.45) is 5.51. The molecule has 1 saturated heterocycles. The van der Waals surface area contributed by atoms with Gasteiger partial charge < -0.3 is 10.2 Å². The molecule has 0 aromatic carbocycles. The molecule has 1 aliphatic heterocycles. The van der Waals surface area contributed by atoms with Gasteiger partial charge in [0.1, 0.15) is 12.1 Å². The second-order valence-corrected chi connectivity index (χ2v) is 4.42. The smallest absolute Gasteiger partial charge is 0.132 e. The van der Waals surface area contributed by atoms with Crippen LogP contribution in [0.3, 0.4) is 0 Å². The Hall–Kier alpha value is -1.16. The Morgan fingerprint density at radius 1 is 1.44 bits per heavy atom. The van der Waals surface area contributed by atoms with Crippen LogP contribution in [0.25, 0.3) is 0 Å². The minimum atomic E-state index is 0.577. The van der Waals surface area contributed by atoms with E-state index in [9.17, 15) is 0 Å². The predicted molar refractivity (Wildman–Crippen MR) is 65.7 cm³/mol. The highest BCUT2D eigenvalue weighted by Gasteiger charge is 2.22. The average Bonchev–Trinajstić information content (AvgIpc) is 2.30. The van der Waals surface area contributed by atoms with Crippen molar-refractivity contribution in [1.82, 2.24) is 15.3 Å².